The van der Waals surface area contributed by atoms with Gasteiger partial charge in [-0.25, -0.2) is 4.79 Å². The molecule has 1 aliphatic rings. The second kappa shape index (κ2) is 8.54. The molecule has 0 bridgehead atoms. The number of amides is 2. The normalized spacial score (nSPS) is 13.7. The molecule has 0 radical (unpaired) electrons. The Balaban J connectivity index is 1.65. The molecular weight excluding hydrogens is 388 g/mol. The molecule has 0 unspecified atom stereocenters. The minimum absolute atomic E-state index is 0.0575. The Morgan fingerprint density at radius 2 is 2.15 bits per heavy atom. The van der Waals surface area contributed by atoms with E-state index in [1.165, 1.54) is 15.9 Å². The van der Waals surface area contributed by atoms with Crippen molar-refractivity contribution in [3.05, 3.63) is 51.2 Å². The number of carbonyl (C=O) groups excluding carboxylic acids is 3. The predicted octanol–water partition coefficient (Wildman–Crippen LogP) is 3.34. The van der Waals surface area contributed by atoms with E-state index in [0.717, 1.165) is 12.0 Å². The van der Waals surface area contributed by atoms with Crippen molar-refractivity contribution in [2.75, 3.05) is 25.1 Å². The topological polar surface area (TPSA) is 66.9 Å². The van der Waals surface area contributed by atoms with Crippen LogP contribution in [0.4, 0.5) is 5.69 Å². The Morgan fingerprint density at radius 3 is 2.81 bits per heavy atom. The lowest BCUT2D eigenvalue weighted by molar-refractivity contribution is -0.133. The molecule has 0 N–H and O–H groups in total. The third kappa shape index (κ3) is 4.67. The van der Waals surface area contributed by atoms with Gasteiger partial charge in [-0.05, 0) is 47.0 Å². The number of nitrogens with zero attached hydrogens (tertiary/aromatic N) is 2. The van der Waals surface area contributed by atoms with E-state index >= 15 is 0 Å². The van der Waals surface area contributed by atoms with Crippen molar-refractivity contribution in [2.24, 2.45) is 0 Å². The van der Waals surface area contributed by atoms with Crippen LogP contribution in [-0.2, 0) is 20.9 Å². The van der Waals surface area contributed by atoms with Gasteiger partial charge in [-0.2, -0.15) is 11.3 Å². The summed E-state index contributed by atoms with van der Waals surface area (Å²) in [5.41, 5.74) is 1.67. The van der Waals surface area contributed by atoms with Gasteiger partial charge in [0.1, 0.15) is 0 Å². The summed E-state index contributed by atoms with van der Waals surface area (Å²) in [4.78, 5) is 39.8. The summed E-state index contributed by atoms with van der Waals surface area (Å²) < 4.78 is 5.20. The molecule has 1 fully saturated rings. The highest BCUT2D eigenvalue weighted by atomic mass is 35.5. The molecule has 1 aromatic carbocycles. The zero-order valence-electron chi connectivity index (χ0n) is 14.8. The first-order valence-electron chi connectivity index (χ1n) is 8.48. The maximum absolute atomic E-state index is 12.5. The van der Waals surface area contributed by atoms with Gasteiger partial charge >= 0.3 is 5.97 Å². The molecular formula is C19H19ClN2O4S. The highest BCUT2D eigenvalue weighted by molar-refractivity contribution is 7.07. The SMILES string of the molecule is CN(Cc1ccsc1)C(=O)COC(=O)c1ccc(Cl)cc1N1CCCC1=O. The van der Waals surface area contributed by atoms with Crippen LogP contribution in [0.25, 0.3) is 0 Å². The van der Waals surface area contributed by atoms with E-state index in [2.05, 4.69) is 0 Å². The molecule has 1 saturated heterocycles. The van der Waals surface area contributed by atoms with Crippen LogP contribution < -0.4 is 4.90 Å². The van der Waals surface area contributed by atoms with Crippen molar-refractivity contribution in [1.29, 1.82) is 0 Å². The van der Waals surface area contributed by atoms with Gasteiger partial charge in [0.05, 0.1) is 11.3 Å². The molecule has 0 saturated carbocycles. The van der Waals surface area contributed by atoms with Crippen LogP contribution >= 0.6 is 22.9 Å². The van der Waals surface area contributed by atoms with E-state index in [1.807, 2.05) is 16.8 Å². The molecule has 1 aromatic heterocycles. The second-order valence-corrected chi connectivity index (χ2v) is 7.48. The Labute approximate surface area is 166 Å². The van der Waals surface area contributed by atoms with Crippen LogP contribution in [0.2, 0.25) is 5.02 Å². The molecule has 2 amide bonds. The number of esters is 1. The van der Waals surface area contributed by atoms with E-state index in [4.69, 9.17) is 16.3 Å². The van der Waals surface area contributed by atoms with Crippen LogP contribution in [0.3, 0.4) is 0 Å². The molecule has 3 rings (SSSR count). The first-order chi connectivity index (χ1) is 13.0. The predicted molar refractivity (Wildman–Crippen MR) is 104 cm³/mol. The highest BCUT2D eigenvalue weighted by Gasteiger charge is 2.27. The van der Waals surface area contributed by atoms with Crippen LogP contribution in [0, 0.1) is 0 Å². The van der Waals surface area contributed by atoms with Gasteiger partial charge in [0.15, 0.2) is 6.61 Å². The number of carbonyl (C=O) groups is 3. The van der Waals surface area contributed by atoms with Crippen molar-refractivity contribution in [1.82, 2.24) is 4.90 Å². The quantitative estimate of drug-likeness (QED) is 0.690. The lowest BCUT2D eigenvalue weighted by atomic mass is 10.1. The van der Waals surface area contributed by atoms with Crippen molar-refractivity contribution < 1.29 is 19.1 Å². The summed E-state index contributed by atoms with van der Waals surface area (Å²) in [7, 11) is 1.66. The van der Waals surface area contributed by atoms with Gasteiger partial charge < -0.3 is 14.5 Å². The maximum atomic E-state index is 12.5. The number of likely N-dealkylation sites (N-methyl/N-ethyl adjacent to an activating group) is 1. The number of benzene rings is 1. The summed E-state index contributed by atoms with van der Waals surface area (Å²) in [5.74, 6) is -1.01. The fourth-order valence-corrected chi connectivity index (χ4v) is 3.69. The van der Waals surface area contributed by atoms with Crippen molar-refractivity contribution in [3.8, 4) is 0 Å². The Bertz CT molecular complexity index is 853. The molecule has 0 aliphatic carbocycles. The van der Waals surface area contributed by atoms with Crippen molar-refractivity contribution in [3.63, 3.8) is 0 Å². The Morgan fingerprint density at radius 1 is 1.33 bits per heavy atom. The largest absolute Gasteiger partial charge is 0.452 e. The Hall–Kier alpha value is -2.38. The number of anilines is 1. The summed E-state index contributed by atoms with van der Waals surface area (Å²) in [6.07, 6.45) is 1.17. The summed E-state index contributed by atoms with van der Waals surface area (Å²) in [6.45, 7) is 0.617. The molecule has 142 valence electrons. The van der Waals surface area contributed by atoms with Crippen LogP contribution in [-0.4, -0.2) is 42.9 Å². The lowest BCUT2D eigenvalue weighted by Gasteiger charge is -2.20. The standard InChI is InChI=1S/C19H19ClN2O4S/c1-21(10-13-6-8-27-12-13)18(24)11-26-19(25)15-5-4-14(20)9-16(15)22-7-2-3-17(22)23/h4-6,8-9,12H,2-3,7,10-11H2,1H3. The number of rotatable bonds is 6. The number of thiophene rings is 1. The van der Waals surface area contributed by atoms with Gasteiger partial charge in [-0.1, -0.05) is 11.6 Å². The van der Waals surface area contributed by atoms with E-state index in [-0.39, 0.29) is 24.0 Å². The van der Waals surface area contributed by atoms with Gasteiger partial charge in [0.2, 0.25) is 5.91 Å². The number of ether oxygens (including phenoxy) is 1. The summed E-state index contributed by atoms with van der Waals surface area (Å²) in [6, 6.07) is 6.59. The average molecular weight is 407 g/mol. The zero-order valence-corrected chi connectivity index (χ0v) is 16.4. The van der Waals surface area contributed by atoms with Gasteiger partial charge in [0, 0.05) is 31.6 Å². The zero-order chi connectivity index (χ0) is 19.4. The van der Waals surface area contributed by atoms with E-state index in [0.29, 0.717) is 30.2 Å². The third-order valence-corrected chi connectivity index (χ3v) is 5.26. The van der Waals surface area contributed by atoms with Crippen LogP contribution in [0.15, 0.2) is 35.0 Å². The van der Waals surface area contributed by atoms with Crippen molar-refractivity contribution >= 4 is 46.4 Å². The second-order valence-electron chi connectivity index (χ2n) is 6.27. The lowest BCUT2D eigenvalue weighted by Crippen LogP contribution is -2.31. The van der Waals surface area contributed by atoms with E-state index in [1.54, 1.807) is 30.5 Å². The molecule has 1 aliphatic heterocycles. The highest BCUT2D eigenvalue weighted by Crippen LogP contribution is 2.29. The van der Waals surface area contributed by atoms with Crippen LogP contribution in [0.1, 0.15) is 28.8 Å². The maximum Gasteiger partial charge on any atom is 0.340 e. The van der Waals surface area contributed by atoms with E-state index in [9.17, 15) is 14.4 Å². The van der Waals surface area contributed by atoms with Crippen LogP contribution in [0.5, 0.6) is 0 Å². The summed E-state index contributed by atoms with van der Waals surface area (Å²) >= 11 is 7.59. The molecule has 6 nitrogen and oxygen atoms in total. The van der Waals surface area contributed by atoms with Gasteiger partial charge in [-0.15, -0.1) is 0 Å². The number of halogens is 1. The van der Waals surface area contributed by atoms with Crippen molar-refractivity contribution in [2.45, 2.75) is 19.4 Å². The summed E-state index contributed by atoms with van der Waals surface area (Å²) in [5, 5.41) is 4.32. The molecule has 0 spiro atoms. The first kappa shape index (κ1) is 19.4. The third-order valence-electron chi connectivity index (χ3n) is 4.30. The minimum atomic E-state index is -0.654. The molecule has 2 heterocycles. The monoisotopic (exact) mass is 406 g/mol. The van der Waals surface area contributed by atoms with Gasteiger partial charge in [-0.3, -0.25) is 9.59 Å². The smallest absolute Gasteiger partial charge is 0.340 e. The Kier molecular flexibility index (Phi) is 6.13. The molecule has 2 aromatic rings. The molecule has 0 atom stereocenters. The van der Waals surface area contributed by atoms with E-state index < -0.39 is 5.97 Å². The average Bonchev–Trinajstić information content (AvgIpc) is 3.30. The first-order valence-corrected chi connectivity index (χ1v) is 9.80. The number of hydrogen-bond acceptors (Lipinski definition) is 5. The molecule has 27 heavy (non-hydrogen) atoms. The van der Waals surface area contributed by atoms with Gasteiger partial charge in [0.25, 0.3) is 5.91 Å². The fourth-order valence-electron chi connectivity index (χ4n) is 2.86. The molecule has 8 heteroatoms. The minimum Gasteiger partial charge on any atom is -0.452 e. The fraction of sp³-hybridized carbons (Fsp3) is 0.316. The number of hydrogen-bond donors (Lipinski definition) is 0.